The second kappa shape index (κ2) is 6.91. The van der Waals surface area contributed by atoms with Gasteiger partial charge in [-0.25, -0.2) is 0 Å². The SMILES string of the molecule is COc1ccc(C(=O)Nc2cc(Cl)c3c(c2)CNCC3)cc1Br. The van der Waals surface area contributed by atoms with E-state index in [1.807, 2.05) is 12.1 Å². The Hall–Kier alpha value is -1.56. The summed E-state index contributed by atoms with van der Waals surface area (Å²) in [6, 6.07) is 8.99. The van der Waals surface area contributed by atoms with Gasteiger partial charge in [0.1, 0.15) is 5.75 Å². The molecular weight excluding hydrogens is 380 g/mol. The molecule has 1 aliphatic rings. The number of halogens is 2. The number of hydrogen-bond acceptors (Lipinski definition) is 3. The van der Waals surface area contributed by atoms with Gasteiger partial charge in [0.05, 0.1) is 11.6 Å². The molecule has 23 heavy (non-hydrogen) atoms. The molecule has 6 heteroatoms. The maximum Gasteiger partial charge on any atom is 0.255 e. The Balaban J connectivity index is 1.83. The van der Waals surface area contributed by atoms with Crippen LogP contribution >= 0.6 is 27.5 Å². The van der Waals surface area contributed by atoms with Gasteiger partial charge in [0.2, 0.25) is 0 Å². The molecule has 2 aromatic carbocycles. The molecule has 0 saturated heterocycles. The van der Waals surface area contributed by atoms with E-state index in [1.165, 1.54) is 0 Å². The summed E-state index contributed by atoms with van der Waals surface area (Å²) >= 11 is 9.73. The van der Waals surface area contributed by atoms with Gasteiger partial charge in [-0.15, -0.1) is 0 Å². The molecule has 1 aliphatic heterocycles. The zero-order chi connectivity index (χ0) is 16.4. The second-order valence-corrected chi connectivity index (χ2v) is 6.59. The van der Waals surface area contributed by atoms with E-state index in [4.69, 9.17) is 16.3 Å². The first-order chi connectivity index (χ1) is 11.1. The fourth-order valence-corrected chi connectivity index (χ4v) is 3.52. The second-order valence-electron chi connectivity index (χ2n) is 5.33. The minimum Gasteiger partial charge on any atom is -0.496 e. The number of methoxy groups -OCH3 is 1. The Labute approximate surface area is 148 Å². The van der Waals surface area contributed by atoms with Crippen molar-refractivity contribution >= 4 is 39.1 Å². The molecule has 1 heterocycles. The lowest BCUT2D eigenvalue weighted by Crippen LogP contribution is -2.24. The molecular formula is C17H16BrClN2O2. The molecule has 2 N–H and O–H groups in total. The van der Waals surface area contributed by atoms with Crippen LogP contribution in [0.3, 0.4) is 0 Å². The molecule has 0 fully saturated rings. The first-order valence-electron chi connectivity index (χ1n) is 7.25. The molecule has 0 aliphatic carbocycles. The molecule has 0 bridgehead atoms. The summed E-state index contributed by atoms with van der Waals surface area (Å²) in [6.07, 6.45) is 0.911. The summed E-state index contributed by atoms with van der Waals surface area (Å²) in [7, 11) is 1.59. The standard InChI is InChI=1S/C17H16BrClN2O2/c1-23-16-3-2-10(7-14(16)18)17(22)21-12-6-11-9-20-5-4-13(11)15(19)8-12/h2-3,6-8,20H,4-5,9H2,1H3,(H,21,22). The molecule has 120 valence electrons. The lowest BCUT2D eigenvalue weighted by molar-refractivity contribution is 0.102. The Morgan fingerprint density at radius 2 is 2.17 bits per heavy atom. The number of rotatable bonds is 3. The zero-order valence-corrected chi connectivity index (χ0v) is 14.9. The Kier molecular flexibility index (Phi) is 4.90. The molecule has 0 unspecified atom stereocenters. The van der Waals surface area contributed by atoms with Crippen LogP contribution in [0.1, 0.15) is 21.5 Å². The lowest BCUT2D eigenvalue weighted by Gasteiger charge is -2.19. The van der Waals surface area contributed by atoms with Crippen LogP contribution in [0.5, 0.6) is 5.75 Å². The van der Waals surface area contributed by atoms with E-state index in [-0.39, 0.29) is 5.91 Å². The van der Waals surface area contributed by atoms with Gasteiger partial charge in [0.25, 0.3) is 5.91 Å². The third-order valence-electron chi connectivity index (χ3n) is 3.83. The minimum absolute atomic E-state index is 0.187. The van der Waals surface area contributed by atoms with Crippen LogP contribution in [0.25, 0.3) is 0 Å². The van der Waals surface area contributed by atoms with E-state index in [1.54, 1.807) is 25.3 Å². The van der Waals surface area contributed by atoms with Crippen molar-refractivity contribution in [1.82, 2.24) is 5.32 Å². The van der Waals surface area contributed by atoms with Crippen LogP contribution in [0.4, 0.5) is 5.69 Å². The van der Waals surface area contributed by atoms with Crippen molar-refractivity contribution in [3.63, 3.8) is 0 Å². The first kappa shape index (κ1) is 16.3. The summed E-state index contributed by atoms with van der Waals surface area (Å²) in [5.41, 5.74) is 3.55. The van der Waals surface area contributed by atoms with Crippen molar-refractivity contribution in [1.29, 1.82) is 0 Å². The molecule has 0 saturated carbocycles. The topological polar surface area (TPSA) is 50.4 Å². The number of nitrogens with one attached hydrogen (secondary N) is 2. The zero-order valence-electron chi connectivity index (χ0n) is 12.6. The Morgan fingerprint density at radius 3 is 2.91 bits per heavy atom. The normalized spacial score (nSPS) is 13.3. The number of ether oxygens (including phenoxy) is 1. The van der Waals surface area contributed by atoms with Gasteiger partial charge in [0.15, 0.2) is 0 Å². The van der Waals surface area contributed by atoms with Gasteiger partial charge in [-0.05, 0) is 70.4 Å². The highest BCUT2D eigenvalue weighted by Crippen LogP contribution is 2.29. The molecule has 1 amide bonds. The van der Waals surface area contributed by atoms with Crippen LogP contribution in [-0.4, -0.2) is 19.6 Å². The lowest BCUT2D eigenvalue weighted by atomic mass is 10.00. The van der Waals surface area contributed by atoms with Crippen LogP contribution in [0.2, 0.25) is 5.02 Å². The smallest absolute Gasteiger partial charge is 0.255 e. The van der Waals surface area contributed by atoms with E-state index < -0.39 is 0 Å². The number of hydrogen-bond donors (Lipinski definition) is 2. The van der Waals surface area contributed by atoms with E-state index in [2.05, 4.69) is 26.6 Å². The molecule has 0 radical (unpaired) electrons. The summed E-state index contributed by atoms with van der Waals surface area (Å²) < 4.78 is 5.91. The highest BCUT2D eigenvalue weighted by Gasteiger charge is 2.15. The van der Waals surface area contributed by atoms with Crippen LogP contribution in [0.15, 0.2) is 34.8 Å². The van der Waals surface area contributed by atoms with E-state index in [0.29, 0.717) is 22.0 Å². The molecule has 2 aromatic rings. The van der Waals surface area contributed by atoms with Gasteiger partial charge in [0, 0.05) is 22.8 Å². The quantitative estimate of drug-likeness (QED) is 0.825. The van der Waals surface area contributed by atoms with Crippen molar-refractivity contribution in [2.45, 2.75) is 13.0 Å². The molecule has 0 atom stereocenters. The van der Waals surface area contributed by atoms with Crippen LogP contribution in [0, 0.1) is 0 Å². The maximum atomic E-state index is 12.4. The number of carbonyl (C=O) groups is 1. The van der Waals surface area contributed by atoms with Gasteiger partial charge in [-0.3, -0.25) is 4.79 Å². The van der Waals surface area contributed by atoms with Gasteiger partial charge in [-0.2, -0.15) is 0 Å². The predicted molar refractivity (Wildman–Crippen MR) is 95.5 cm³/mol. The van der Waals surface area contributed by atoms with Crippen LogP contribution < -0.4 is 15.4 Å². The fourth-order valence-electron chi connectivity index (χ4n) is 2.65. The van der Waals surface area contributed by atoms with Gasteiger partial charge >= 0.3 is 0 Å². The largest absolute Gasteiger partial charge is 0.496 e. The number of amides is 1. The highest BCUT2D eigenvalue weighted by molar-refractivity contribution is 9.10. The van der Waals surface area contributed by atoms with E-state index >= 15 is 0 Å². The molecule has 3 rings (SSSR count). The summed E-state index contributed by atoms with van der Waals surface area (Å²) in [6.45, 7) is 1.70. The first-order valence-corrected chi connectivity index (χ1v) is 8.42. The van der Waals surface area contributed by atoms with Crippen molar-refractivity contribution in [3.05, 3.63) is 56.5 Å². The molecule has 0 spiro atoms. The Morgan fingerprint density at radius 1 is 1.35 bits per heavy atom. The molecule has 4 nitrogen and oxygen atoms in total. The highest BCUT2D eigenvalue weighted by atomic mass is 79.9. The van der Waals surface area contributed by atoms with Crippen molar-refractivity contribution in [3.8, 4) is 5.75 Å². The number of benzene rings is 2. The maximum absolute atomic E-state index is 12.4. The third-order valence-corrected chi connectivity index (χ3v) is 4.78. The van der Waals surface area contributed by atoms with Crippen molar-refractivity contribution < 1.29 is 9.53 Å². The van der Waals surface area contributed by atoms with Crippen molar-refractivity contribution in [2.75, 3.05) is 19.0 Å². The monoisotopic (exact) mass is 394 g/mol. The summed E-state index contributed by atoms with van der Waals surface area (Å²) in [5, 5.41) is 6.91. The Bertz CT molecular complexity index is 764. The van der Waals surface area contributed by atoms with Gasteiger partial charge < -0.3 is 15.4 Å². The predicted octanol–water partition coefficient (Wildman–Crippen LogP) is 4.01. The van der Waals surface area contributed by atoms with Crippen molar-refractivity contribution in [2.24, 2.45) is 0 Å². The fraction of sp³-hybridized carbons (Fsp3) is 0.235. The van der Waals surface area contributed by atoms with E-state index in [0.717, 1.165) is 35.1 Å². The van der Waals surface area contributed by atoms with Crippen LogP contribution in [-0.2, 0) is 13.0 Å². The van der Waals surface area contributed by atoms with E-state index in [9.17, 15) is 4.79 Å². The average Bonchev–Trinajstić information content (AvgIpc) is 2.54. The number of anilines is 1. The third kappa shape index (κ3) is 3.52. The number of carbonyl (C=O) groups excluding carboxylic acids is 1. The number of fused-ring (bicyclic) bond motifs is 1. The minimum atomic E-state index is -0.187. The summed E-state index contributed by atoms with van der Waals surface area (Å²) in [5.74, 6) is 0.498. The van der Waals surface area contributed by atoms with Gasteiger partial charge in [-0.1, -0.05) is 11.6 Å². The average molecular weight is 396 g/mol. The summed E-state index contributed by atoms with van der Waals surface area (Å²) in [4.78, 5) is 12.4. The molecule has 0 aromatic heterocycles.